The maximum atomic E-state index is 12.3. The van der Waals surface area contributed by atoms with Gasteiger partial charge in [-0.15, -0.1) is 10.2 Å². The molecule has 0 saturated heterocycles. The Balaban J connectivity index is 2.00. The SMILES string of the molecule is NCCc1nn2c(=O)c(Cc3ccccc3)nnc2s1. The largest absolute Gasteiger partial charge is 0.330 e. The second-order valence-electron chi connectivity index (χ2n) is 4.34. The van der Waals surface area contributed by atoms with Crippen LogP contribution < -0.4 is 11.3 Å². The van der Waals surface area contributed by atoms with Crippen LogP contribution in [0.2, 0.25) is 0 Å². The molecule has 0 fully saturated rings. The molecule has 7 heteroatoms. The van der Waals surface area contributed by atoms with Gasteiger partial charge in [-0.3, -0.25) is 4.79 Å². The molecule has 6 nitrogen and oxygen atoms in total. The molecule has 0 radical (unpaired) electrons. The van der Waals surface area contributed by atoms with Gasteiger partial charge in [0.15, 0.2) is 0 Å². The minimum Gasteiger partial charge on any atom is -0.330 e. The second-order valence-corrected chi connectivity index (χ2v) is 5.38. The minimum atomic E-state index is -0.210. The summed E-state index contributed by atoms with van der Waals surface area (Å²) in [6.45, 7) is 0.499. The molecule has 0 aliphatic carbocycles. The lowest BCUT2D eigenvalue weighted by atomic mass is 10.1. The van der Waals surface area contributed by atoms with Crippen LogP contribution in [-0.4, -0.2) is 26.4 Å². The van der Waals surface area contributed by atoms with Crippen LogP contribution in [0.1, 0.15) is 16.3 Å². The summed E-state index contributed by atoms with van der Waals surface area (Å²) in [7, 11) is 0. The predicted octanol–water partition coefficient (Wildman–Crippen LogP) is 0.638. The molecule has 3 rings (SSSR count). The Morgan fingerprint density at radius 2 is 2.00 bits per heavy atom. The quantitative estimate of drug-likeness (QED) is 0.761. The highest BCUT2D eigenvalue weighted by molar-refractivity contribution is 7.16. The molecular weight excluding hydrogens is 274 g/mol. The number of aromatic nitrogens is 4. The van der Waals surface area contributed by atoms with Crippen molar-refractivity contribution in [2.75, 3.05) is 6.54 Å². The zero-order valence-electron chi connectivity index (χ0n) is 10.7. The Morgan fingerprint density at radius 3 is 2.75 bits per heavy atom. The van der Waals surface area contributed by atoms with Crippen molar-refractivity contribution in [1.82, 2.24) is 19.8 Å². The molecule has 2 N–H and O–H groups in total. The average molecular weight is 287 g/mol. The van der Waals surface area contributed by atoms with E-state index in [1.54, 1.807) is 0 Å². The Labute approximate surface area is 118 Å². The standard InChI is InChI=1S/C13H13N5OS/c14-7-6-11-17-18-12(19)10(15-16-13(18)20-11)8-9-4-2-1-3-5-9/h1-5H,6-8,14H2. The third-order valence-corrected chi connectivity index (χ3v) is 3.83. The highest BCUT2D eigenvalue weighted by Gasteiger charge is 2.11. The Bertz CT molecular complexity index is 780. The van der Waals surface area contributed by atoms with Gasteiger partial charge in [-0.1, -0.05) is 41.7 Å². The summed E-state index contributed by atoms with van der Waals surface area (Å²) in [5.41, 5.74) is 6.71. The first-order chi connectivity index (χ1) is 9.78. The van der Waals surface area contributed by atoms with Crippen molar-refractivity contribution in [2.45, 2.75) is 12.8 Å². The van der Waals surface area contributed by atoms with Crippen molar-refractivity contribution in [1.29, 1.82) is 0 Å². The first kappa shape index (κ1) is 12.9. The number of nitrogens with zero attached hydrogens (tertiary/aromatic N) is 4. The zero-order chi connectivity index (χ0) is 13.9. The van der Waals surface area contributed by atoms with Crippen molar-refractivity contribution < 1.29 is 0 Å². The number of hydrogen-bond acceptors (Lipinski definition) is 6. The minimum absolute atomic E-state index is 0.210. The lowest BCUT2D eigenvalue weighted by Crippen LogP contribution is -2.22. The molecule has 0 spiro atoms. The van der Waals surface area contributed by atoms with Gasteiger partial charge in [0.05, 0.1) is 0 Å². The molecule has 0 bridgehead atoms. The normalized spacial score (nSPS) is 11.1. The van der Waals surface area contributed by atoms with Crippen molar-refractivity contribution in [2.24, 2.45) is 5.73 Å². The van der Waals surface area contributed by atoms with Gasteiger partial charge in [0, 0.05) is 12.8 Å². The molecule has 102 valence electrons. The van der Waals surface area contributed by atoms with E-state index in [0.717, 1.165) is 10.6 Å². The van der Waals surface area contributed by atoms with Gasteiger partial charge in [0.2, 0.25) is 4.96 Å². The van der Waals surface area contributed by atoms with Crippen LogP contribution in [0.25, 0.3) is 4.96 Å². The fourth-order valence-electron chi connectivity index (χ4n) is 1.91. The van der Waals surface area contributed by atoms with E-state index in [1.165, 1.54) is 15.9 Å². The second kappa shape index (κ2) is 5.48. The van der Waals surface area contributed by atoms with Crippen LogP contribution in [0.15, 0.2) is 35.1 Å². The number of nitrogens with two attached hydrogens (primary N) is 1. The topological polar surface area (TPSA) is 86.2 Å². The van der Waals surface area contributed by atoms with E-state index in [-0.39, 0.29) is 5.56 Å². The number of hydrogen-bond donors (Lipinski definition) is 1. The van der Waals surface area contributed by atoms with Crippen LogP contribution in [0.5, 0.6) is 0 Å². The summed E-state index contributed by atoms with van der Waals surface area (Å²) >= 11 is 1.35. The van der Waals surface area contributed by atoms with Crippen LogP contribution in [-0.2, 0) is 12.8 Å². The van der Waals surface area contributed by atoms with Gasteiger partial charge in [0.25, 0.3) is 5.56 Å². The summed E-state index contributed by atoms with van der Waals surface area (Å²) in [4.78, 5) is 12.8. The average Bonchev–Trinajstić information content (AvgIpc) is 2.87. The van der Waals surface area contributed by atoms with Crippen molar-refractivity contribution in [3.63, 3.8) is 0 Å². The lowest BCUT2D eigenvalue weighted by molar-refractivity contribution is 0.785. The van der Waals surface area contributed by atoms with E-state index in [9.17, 15) is 4.79 Å². The summed E-state index contributed by atoms with van der Waals surface area (Å²) in [5.74, 6) is 0. The summed E-state index contributed by atoms with van der Waals surface area (Å²) in [6, 6.07) is 9.71. The maximum absolute atomic E-state index is 12.3. The van der Waals surface area contributed by atoms with E-state index >= 15 is 0 Å². The molecule has 0 amide bonds. The molecule has 2 heterocycles. The van der Waals surface area contributed by atoms with Gasteiger partial charge in [-0.2, -0.15) is 9.61 Å². The molecule has 0 aliphatic heterocycles. The van der Waals surface area contributed by atoms with E-state index < -0.39 is 0 Å². The molecule has 3 aromatic rings. The number of fused-ring (bicyclic) bond motifs is 1. The van der Waals surface area contributed by atoms with Crippen LogP contribution in [0, 0.1) is 0 Å². The summed E-state index contributed by atoms with van der Waals surface area (Å²) < 4.78 is 1.32. The van der Waals surface area contributed by atoms with Gasteiger partial charge in [-0.05, 0) is 12.1 Å². The molecule has 0 aliphatic rings. The summed E-state index contributed by atoms with van der Waals surface area (Å²) in [5, 5.41) is 13.1. The Kier molecular flexibility index (Phi) is 3.53. The van der Waals surface area contributed by atoms with Crippen molar-refractivity contribution in [3.05, 3.63) is 57.0 Å². The maximum Gasteiger partial charge on any atom is 0.297 e. The third kappa shape index (κ3) is 2.45. The molecule has 20 heavy (non-hydrogen) atoms. The molecule has 0 atom stereocenters. The molecule has 0 saturated carbocycles. The monoisotopic (exact) mass is 287 g/mol. The van der Waals surface area contributed by atoms with Crippen LogP contribution in [0.4, 0.5) is 0 Å². The van der Waals surface area contributed by atoms with Crippen molar-refractivity contribution >= 4 is 16.3 Å². The number of benzene rings is 1. The number of rotatable bonds is 4. The van der Waals surface area contributed by atoms with Gasteiger partial charge in [0.1, 0.15) is 10.7 Å². The fraction of sp³-hybridized carbons (Fsp3) is 0.231. The van der Waals surface area contributed by atoms with Crippen LogP contribution in [0.3, 0.4) is 0 Å². The predicted molar refractivity (Wildman–Crippen MR) is 76.9 cm³/mol. The van der Waals surface area contributed by atoms with E-state index in [0.29, 0.717) is 30.0 Å². The van der Waals surface area contributed by atoms with E-state index in [2.05, 4.69) is 15.3 Å². The smallest absolute Gasteiger partial charge is 0.297 e. The van der Waals surface area contributed by atoms with Gasteiger partial charge < -0.3 is 5.73 Å². The zero-order valence-corrected chi connectivity index (χ0v) is 11.5. The van der Waals surface area contributed by atoms with E-state index in [1.807, 2.05) is 30.3 Å². The first-order valence-corrected chi connectivity index (χ1v) is 7.08. The highest BCUT2D eigenvalue weighted by Crippen LogP contribution is 2.11. The van der Waals surface area contributed by atoms with Crippen molar-refractivity contribution in [3.8, 4) is 0 Å². The molecule has 1 aromatic carbocycles. The lowest BCUT2D eigenvalue weighted by Gasteiger charge is -1.99. The first-order valence-electron chi connectivity index (χ1n) is 6.26. The summed E-state index contributed by atoms with van der Waals surface area (Å²) in [6.07, 6.45) is 1.10. The highest BCUT2D eigenvalue weighted by atomic mass is 32.1. The van der Waals surface area contributed by atoms with E-state index in [4.69, 9.17) is 5.73 Å². The Hall–Kier alpha value is -2.12. The fourth-order valence-corrected chi connectivity index (χ4v) is 2.76. The molecule has 2 aromatic heterocycles. The van der Waals surface area contributed by atoms with Gasteiger partial charge in [-0.25, -0.2) is 0 Å². The molecular formula is C13H13N5OS. The van der Waals surface area contributed by atoms with Gasteiger partial charge >= 0.3 is 0 Å². The molecule has 0 unspecified atom stereocenters. The van der Waals surface area contributed by atoms with Crippen LogP contribution >= 0.6 is 11.3 Å². The third-order valence-electron chi connectivity index (χ3n) is 2.87. The Morgan fingerprint density at radius 1 is 1.20 bits per heavy atom.